The average Bonchev–Trinajstić information content (AvgIpc) is 2.86. The summed E-state index contributed by atoms with van der Waals surface area (Å²) in [6.45, 7) is 7.31. The minimum absolute atomic E-state index is 0.154. The first kappa shape index (κ1) is 16.7. The highest BCUT2D eigenvalue weighted by atomic mass is 35.5. The van der Waals surface area contributed by atoms with E-state index in [1.165, 1.54) is 11.3 Å². The molecule has 4 nitrogen and oxygen atoms in total. The van der Waals surface area contributed by atoms with Gasteiger partial charge in [-0.05, 0) is 50.5 Å². The molecule has 3 aromatic rings. The van der Waals surface area contributed by atoms with E-state index in [0.717, 1.165) is 21.2 Å². The summed E-state index contributed by atoms with van der Waals surface area (Å²) < 4.78 is 0.980. The van der Waals surface area contributed by atoms with Gasteiger partial charge in [-0.25, -0.2) is 4.98 Å². The number of fused-ring (bicyclic) bond motifs is 1. The van der Waals surface area contributed by atoms with Gasteiger partial charge in [0.15, 0.2) is 0 Å². The van der Waals surface area contributed by atoms with Crippen molar-refractivity contribution in [2.75, 3.05) is 5.32 Å². The molecule has 0 spiro atoms. The smallest absolute Gasteiger partial charge is 0.268 e. The van der Waals surface area contributed by atoms with Gasteiger partial charge in [0.1, 0.15) is 16.4 Å². The average molecular weight is 361 g/mol. The van der Waals surface area contributed by atoms with E-state index in [0.29, 0.717) is 27.0 Å². The van der Waals surface area contributed by atoms with Crippen molar-refractivity contribution in [1.29, 1.82) is 0 Å². The van der Waals surface area contributed by atoms with Gasteiger partial charge in [-0.2, -0.15) is 0 Å². The number of amides is 1. The van der Waals surface area contributed by atoms with Crippen molar-refractivity contribution in [2.24, 2.45) is 0 Å². The highest BCUT2D eigenvalue weighted by Crippen LogP contribution is 2.36. The van der Waals surface area contributed by atoms with Crippen LogP contribution in [0.25, 0.3) is 10.1 Å². The maximum absolute atomic E-state index is 12.7. The fourth-order valence-corrected chi connectivity index (χ4v) is 4.05. The predicted molar refractivity (Wildman–Crippen MR) is 99.6 cm³/mol. The van der Waals surface area contributed by atoms with Crippen LogP contribution in [-0.2, 0) is 0 Å². The molecule has 0 bridgehead atoms. The van der Waals surface area contributed by atoms with Gasteiger partial charge in [0, 0.05) is 10.1 Å². The standard InChI is InChI=1S/C18H17ClN2O2S/c1-8-5-6-12-13(7-8)24-16(14(12)19)18(23)21-17-10(3)9(2)15(22)11(4)20-17/h5-7,22H,1-4H3,(H,20,21,23). The van der Waals surface area contributed by atoms with Crippen LogP contribution in [0.15, 0.2) is 18.2 Å². The Labute approximate surface area is 149 Å². The predicted octanol–water partition coefficient (Wildman–Crippen LogP) is 5.14. The third kappa shape index (κ3) is 2.74. The number of aryl methyl sites for hydroxylation is 2. The summed E-state index contributed by atoms with van der Waals surface area (Å²) in [5.74, 6) is 0.303. The van der Waals surface area contributed by atoms with Gasteiger partial charge in [-0.3, -0.25) is 4.79 Å². The maximum Gasteiger partial charge on any atom is 0.268 e. The number of hydrogen-bond acceptors (Lipinski definition) is 4. The Kier molecular flexibility index (Phi) is 4.24. The minimum atomic E-state index is -0.293. The lowest BCUT2D eigenvalue weighted by Crippen LogP contribution is -2.14. The maximum atomic E-state index is 12.7. The van der Waals surface area contributed by atoms with E-state index in [4.69, 9.17) is 11.6 Å². The van der Waals surface area contributed by atoms with Gasteiger partial charge in [-0.1, -0.05) is 23.7 Å². The Balaban J connectivity index is 2.01. The van der Waals surface area contributed by atoms with Crippen molar-refractivity contribution in [3.8, 4) is 5.75 Å². The Morgan fingerprint density at radius 3 is 2.62 bits per heavy atom. The number of halogens is 1. The van der Waals surface area contributed by atoms with Crippen LogP contribution in [0.4, 0.5) is 5.82 Å². The largest absolute Gasteiger partial charge is 0.506 e. The zero-order chi connectivity index (χ0) is 17.6. The molecule has 2 heterocycles. The molecule has 0 unspecified atom stereocenters. The zero-order valence-corrected chi connectivity index (χ0v) is 15.4. The van der Waals surface area contributed by atoms with Gasteiger partial charge in [0.05, 0.1) is 10.7 Å². The van der Waals surface area contributed by atoms with Gasteiger partial charge >= 0.3 is 0 Å². The second-order valence-electron chi connectivity index (χ2n) is 5.84. The van der Waals surface area contributed by atoms with Gasteiger partial charge in [0.2, 0.25) is 0 Å². The molecular weight excluding hydrogens is 344 g/mol. The Bertz CT molecular complexity index is 979. The van der Waals surface area contributed by atoms with E-state index >= 15 is 0 Å². The lowest BCUT2D eigenvalue weighted by Gasteiger charge is -2.12. The molecule has 0 aliphatic heterocycles. The highest BCUT2D eigenvalue weighted by Gasteiger charge is 2.19. The molecule has 0 aliphatic carbocycles. The van der Waals surface area contributed by atoms with Gasteiger partial charge in [-0.15, -0.1) is 11.3 Å². The van der Waals surface area contributed by atoms with Crippen LogP contribution in [0.5, 0.6) is 5.75 Å². The van der Waals surface area contributed by atoms with Gasteiger partial charge < -0.3 is 10.4 Å². The van der Waals surface area contributed by atoms with E-state index < -0.39 is 0 Å². The molecule has 0 saturated carbocycles. The molecule has 3 rings (SSSR count). The molecule has 6 heteroatoms. The van der Waals surface area contributed by atoms with Crippen LogP contribution in [0.3, 0.4) is 0 Å². The second kappa shape index (κ2) is 6.07. The molecule has 1 amide bonds. The second-order valence-corrected chi connectivity index (χ2v) is 7.27. The Morgan fingerprint density at radius 2 is 1.92 bits per heavy atom. The molecule has 1 aromatic carbocycles. The molecular formula is C18H17ClN2O2S. The first-order valence-electron chi connectivity index (χ1n) is 7.46. The number of aromatic nitrogens is 1. The summed E-state index contributed by atoms with van der Waals surface area (Å²) in [5.41, 5.74) is 3.04. The van der Waals surface area contributed by atoms with E-state index in [2.05, 4.69) is 10.3 Å². The molecule has 0 radical (unpaired) electrons. The highest BCUT2D eigenvalue weighted by molar-refractivity contribution is 7.21. The minimum Gasteiger partial charge on any atom is -0.506 e. The number of pyridine rings is 1. The van der Waals surface area contributed by atoms with Crippen molar-refractivity contribution in [1.82, 2.24) is 4.98 Å². The molecule has 0 aliphatic rings. The van der Waals surface area contributed by atoms with Crippen LogP contribution >= 0.6 is 22.9 Å². The topological polar surface area (TPSA) is 62.2 Å². The summed E-state index contributed by atoms with van der Waals surface area (Å²) in [7, 11) is 0. The fraction of sp³-hybridized carbons (Fsp3) is 0.222. The quantitative estimate of drug-likeness (QED) is 0.665. The van der Waals surface area contributed by atoms with E-state index in [1.54, 1.807) is 13.8 Å². The molecule has 124 valence electrons. The molecule has 24 heavy (non-hydrogen) atoms. The molecule has 2 N–H and O–H groups in total. The van der Waals surface area contributed by atoms with Crippen LogP contribution in [-0.4, -0.2) is 16.0 Å². The lowest BCUT2D eigenvalue weighted by atomic mass is 10.1. The van der Waals surface area contributed by atoms with Crippen molar-refractivity contribution in [2.45, 2.75) is 27.7 Å². The van der Waals surface area contributed by atoms with E-state index in [-0.39, 0.29) is 11.7 Å². The summed E-state index contributed by atoms with van der Waals surface area (Å²) >= 11 is 7.75. The van der Waals surface area contributed by atoms with E-state index in [1.807, 2.05) is 32.0 Å². The number of carbonyl (C=O) groups excluding carboxylic acids is 1. The number of rotatable bonds is 2. The number of aromatic hydroxyl groups is 1. The van der Waals surface area contributed by atoms with Crippen molar-refractivity contribution >= 4 is 44.7 Å². The van der Waals surface area contributed by atoms with E-state index in [9.17, 15) is 9.90 Å². The summed E-state index contributed by atoms with van der Waals surface area (Å²) in [4.78, 5) is 17.4. The van der Waals surface area contributed by atoms with Crippen molar-refractivity contribution in [3.63, 3.8) is 0 Å². The fourth-order valence-electron chi connectivity index (χ4n) is 2.54. The molecule has 2 aromatic heterocycles. The molecule has 0 fully saturated rings. The summed E-state index contributed by atoms with van der Waals surface area (Å²) in [5, 5.41) is 14.1. The van der Waals surface area contributed by atoms with Crippen molar-refractivity contribution < 1.29 is 9.90 Å². The number of carbonyl (C=O) groups is 1. The first-order chi connectivity index (χ1) is 11.3. The number of nitrogens with zero attached hydrogens (tertiary/aromatic N) is 1. The third-order valence-electron chi connectivity index (χ3n) is 4.12. The zero-order valence-electron chi connectivity index (χ0n) is 13.8. The van der Waals surface area contributed by atoms with Crippen molar-refractivity contribution in [3.05, 3.63) is 50.5 Å². The molecule has 0 atom stereocenters. The number of thiophene rings is 1. The first-order valence-corrected chi connectivity index (χ1v) is 8.65. The lowest BCUT2D eigenvalue weighted by molar-refractivity contribution is 0.103. The van der Waals surface area contributed by atoms with Crippen LogP contribution in [0.2, 0.25) is 5.02 Å². The number of hydrogen-bond donors (Lipinski definition) is 2. The Morgan fingerprint density at radius 1 is 1.21 bits per heavy atom. The number of nitrogens with one attached hydrogen (secondary N) is 1. The van der Waals surface area contributed by atoms with Gasteiger partial charge in [0.25, 0.3) is 5.91 Å². The monoisotopic (exact) mass is 360 g/mol. The van der Waals surface area contributed by atoms with Crippen LogP contribution in [0.1, 0.15) is 32.1 Å². The number of benzene rings is 1. The summed E-state index contributed by atoms with van der Waals surface area (Å²) in [6, 6.07) is 5.92. The Hall–Kier alpha value is -2.11. The normalized spacial score (nSPS) is 11.0. The van der Waals surface area contributed by atoms with Crippen LogP contribution < -0.4 is 5.32 Å². The number of anilines is 1. The molecule has 0 saturated heterocycles. The third-order valence-corrected chi connectivity index (χ3v) is 5.77. The summed E-state index contributed by atoms with van der Waals surface area (Å²) in [6.07, 6.45) is 0. The van der Waals surface area contributed by atoms with Crippen LogP contribution in [0, 0.1) is 27.7 Å². The SMILES string of the molecule is Cc1ccc2c(Cl)c(C(=O)Nc3nc(C)c(O)c(C)c3C)sc2c1.